The molecule has 1 aliphatic carbocycles. The Morgan fingerprint density at radius 3 is 2.00 bits per heavy atom. The second-order valence-electron chi connectivity index (χ2n) is 3.18. The molecule has 1 aliphatic rings. The summed E-state index contributed by atoms with van der Waals surface area (Å²) in [5.74, 6) is 0. The normalized spacial score (nSPS) is 42.0. The van der Waals surface area contributed by atoms with Gasteiger partial charge in [-0.05, 0) is 6.42 Å². The highest BCUT2D eigenvalue weighted by atomic mass is 19.1. The number of hydrogen-bond acceptors (Lipinski definition) is 1. The fourth-order valence-electron chi connectivity index (χ4n) is 0.926. The van der Waals surface area contributed by atoms with Crippen LogP contribution in [0.25, 0.3) is 0 Å². The summed E-state index contributed by atoms with van der Waals surface area (Å²) in [6.45, 7) is 3.33. The van der Waals surface area contributed by atoms with Gasteiger partial charge < -0.3 is 5.11 Å². The zero-order valence-corrected chi connectivity index (χ0v) is 5.24. The van der Waals surface area contributed by atoms with E-state index < -0.39 is 5.67 Å². The van der Waals surface area contributed by atoms with Crippen LogP contribution in [0.5, 0.6) is 0 Å². The van der Waals surface area contributed by atoms with Gasteiger partial charge in [-0.2, -0.15) is 0 Å². The largest absolute Gasteiger partial charge is 0.393 e. The molecule has 0 radical (unpaired) electrons. The van der Waals surface area contributed by atoms with E-state index in [1.54, 1.807) is 0 Å². The summed E-state index contributed by atoms with van der Waals surface area (Å²) < 4.78 is 12.8. The van der Waals surface area contributed by atoms with Gasteiger partial charge in [0.05, 0.1) is 6.61 Å². The van der Waals surface area contributed by atoms with Crippen LogP contribution in [-0.4, -0.2) is 17.4 Å². The summed E-state index contributed by atoms with van der Waals surface area (Å²) in [5.41, 5.74) is -1.52. The first-order valence-corrected chi connectivity index (χ1v) is 2.82. The van der Waals surface area contributed by atoms with E-state index >= 15 is 0 Å². The lowest BCUT2D eigenvalue weighted by Gasteiger charge is -2.04. The van der Waals surface area contributed by atoms with Gasteiger partial charge in [0.2, 0.25) is 0 Å². The van der Waals surface area contributed by atoms with Crippen LogP contribution < -0.4 is 0 Å². The summed E-state index contributed by atoms with van der Waals surface area (Å²) in [6.07, 6.45) is 0.510. The Bertz CT molecular complexity index is 111. The summed E-state index contributed by atoms with van der Waals surface area (Å²) in [7, 11) is 0. The maximum atomic E-state index is 12.8. The Hall–Kier alpha value is -0.110. The van der Waals surface area contributed by atoms with Crippen LogP contribution >= 0.6 is 0 Å². The van der Waals surface area contributed by atoms with Gasteiger partial charge in [-0.1, -0.05) is 13.8 Å². The zero-order chi connectivity index (χ0) is 6.41. The molecule has 2 heteroatoms. The van der Waals surface area contributed by atoms with Crippen LogP contribution in [0.15, 0.2) is 0 Å². The average Bonchev–Trinajstić information content (AvgIpc) is 2.10. The van der Waals surface area contributed by atoms with Gasteiger partial charge in [-0.15, -0.1) is 0 Å². The van der Waals surface area contributed by atoms with E-state index in [0.29, 0.717) is 6.42 Å². The minimum absolute atomic E-state index is 0.262. The summed E-state index contributed by atoms with van der Waals surface area (Å²) in [6, 6.07) is 0. The van der Waals surface area contributed by atoms with Crippen LogP contribution in [-0.2, 0) is 0 Å². The van der Waals surface area contributed by atoms with Gasteiger partial charge in [0.1, 0.15) is 5.67 Å². The van der Waals surface area contributed by atoms with Crippen molar-refractivity contribution in [1.29, 1.82) is 0 Å². The minimum atomic E-state index is -1.26. The van der Waals surface area contributed by atoms with E-state index in [4.69, 9.17) is 5.11 Å². The quantitative estimate of drug-likeness (QED) is 0.547. The molecule has 0 spiro atoms. The molecule has 0 aromatic carbocycles. The first-order valence-electron chi connectivity index (χ1n) is 2.82. The predicted molar refractivity (Wildman–Crippen MR) is 29.3 cm³/mol. The highest BCUT2D eigenvalue weighted by Crippen LogP contribution is 2.58. The highest BCUT2D eigenvalue weighted by molar-refractivity contribution is 5.11. The molecule has 1 nitrogen and oxygen atoms in total. The Morgan fingerprint density at radius 1 is 1.62 bits per heavy atom. The number of rotatable bonds is 1. The smallest absolute Gasteiger partial charge is 0.139 e. The Kier molecular flexibility index (Phi) is 0.932. The molecule has 1 rings (SSSR count). The van der Waals surface area contributed by atoms with Gasteiger partial charge >= 0.3 is 0 Å². The van der Waals surface area contributed by atoms with Crippen molar-refractivity contribution in [2.45, 2.75) is 25.9 Å². The van der Waals surface area contributed by atoms with Crippen molar-refractivity contribution < 1.29 is 9.50 Å². The molecule has 8 heavy (non-hydrogen) atoms. The molecule has 0 aromatic rings. The Morgan fingerprint density at radius 2 is 2.00 bits per heavy atom. The van der Waals surface area contributed by atoms with Crippen molar-refractivity contribution in [1.82, 2.24) is 0 Å². The molecule has 0 amide bonds. The molecular weight excluding hydrogens is 107 g/mol. The molecular formula is C6H11FO. The topological polar surface area (TPSA) is 20.2 Å². The predicted octanol–water partition coefficient (Wildman–Crippen LogP) is 1.12. The van der Waals surface area contributed by atoms with Gasteiger partial charge in [-0.3, -0.25) is 0 Å². The third kappa shape index (κ3) is 0.558. The summed E-state index contributed by atoms with van der Waals surface area (Å²) in [5, 5.41) is 8.43. The third-order valence-corrected chi connectivity index (χ3v) is 2.06. The molecule has 1 saturated carbocycles. The maximum absolute atomic E-state index is 12.8. The van der Waals surface area contributed by atoms with Crippen molar-refractivity contribution in [2.75, 3.05) is 6.61 Å². The lowest BCUT2D eigenvalue weighted by Crippen LogP contribution is -2.14. The van der Waals surface area contributed by atoms with Gasteiger partial charge in [0.25, 0.3) is 0 Å². The standard InChI is InChI=1S/C6H11FO/c1-5(2)3-6(5,7)4-8/h8H,3-4H2,1-2H3. The summed E-state index contributed by atoms with van der Waals surface area (Å²) in [4.78, 5) is 0. The Labute approximate surface area is 48.5 Å². The van der Waals surface area contributed by atoms with Crippen LogP contribution in [0.2, 0.25) is 0 Å². The van der Waals surface area contributed by atoms with E-state index in [2.05, 4.69) is 0 Å². The molecule has 1 fully saturated rings. The number of halogens is 1. The van der Waals surface area contributed by atoms with Gasteiger partial charge in [0, 0.05) is 5.41 Å². The van der Waals surface area contributed by atoms with Gasteiger partial charge in [0.15, 0.2) is 0 Å². The monoisotopic (exact) mass is 118 g/mol. The third-order valence-electron chi connectivity index (χ3n) is 2.06. The molecule has 0 saturated heterocycles. The number of alkyl halides is 1. The van der Waals surface area contributed by atoms with Crippen molar-refractivity contribution in [3.63, 3.8) is 0 Å². The van der Waals surface area contributed by atoms with E-state index in [1.807, 2.05) is 13.8 Å². The molecule has 1 unspecified atom stereocenters. The second kappa shape index (κ2) is 1.24. The number of aliphatic hydroxyl groups excluding tert-OH is 1. The maximum Gasteiger partial charge on any atom is 0.139 e. The van der Waals surface area contributed by atoms with E-state index in [1.165, 1.54) is 0 Å². The van der Waals surface area contributed by atoms with Crippen molar-refractivity contribution in [2.24, 2.45) is 5.41 Å². The number of hydrogen-bond donors (Lipinski definition) is 1. The van der Waals surface area contributed by atoms with E-state index in [9.17, 15) is 4.39 Å². The van der Waals surface area contributed by atoms with Crippen LogP contribution in [0, 0.1) is 5.41 Å². The zero-order valence-electron chi connectivity index (χ0n) is 5.24. The van der Waals surface area contributed by atoms with Crippen molar-refractivity contribution in [3.8, 4) is 0 Å². The molecule has 0 bridgehead atoms. The van der Waals surface area contributed by atoms with Crippen molar-refractivity contribution >= 4 is 0 Å². The second-order valence-corrected chi connectivity index (χ2v) is 3.18. The molecule has 1 atom stereocenters. The molecule has 0 aromatic heterocycles. The average molecular weight is 118 g/mol. The Balaban J connectivity index is 2.55. The molecule has 1 N–H and O–H groups in total. The van der Waals surface area contributed by atoms with E-state index in [0.717, 1.165) is 0 Å². The van der Waals surface area contributed by atoms with Crippen molar-refractivity contribution in [3.05, 3.63) is 0 Å². The van der Waals surface area contributed by atoms with E-state index in [-0.39, 0.29) is 12.0 Å². The molecule has 48 valence electrons. The molecule has 0 aliphatic heterocycles. The fraction of sp³-hybridized carbons (Fsp3) is 1.00. The molecule has 0 heterocycles. The van der Waals surface area contributed by atoms with Crippen LogP contribution in [0.3, 0.4) is 0 Å². The van der Waals surface area contributed by atoms with Crippen LogP contribution in [0.4, 0.5) is 4.39 Å². The van der Waals surface area contributed by atoms with Crippen LogP contribution in [0.1, 0.15) is 20.3 Å². The first kappa shape index (κ1) is 6.02. The van der Waals surface area contributed by atoms with Gasteiger partial charge in [-0.25, -0.2) is 4.39 Å². The number of aliphatic hydroxyl groups is 1. The first-order chi connectivity index (χ1) is 3.52. The SMILES string of the molecule is CC1(C)CC1(F)CO. The highest BCUT2D eigenvalue weighted by Gasteiger charge is 2.62. The summed E-state index contributed by atoms with van der Waals surface area (Å²) >= 11 is 0. The minimum Gasteiger partial charge on any atom is -0.393 e. The lowest BCUT2D eigenvalue weighted by atomic mass is 10.1. The lowest BCUT2D eigenvalue weighted by molar-refractivity contribution is 0.128. The fourth-order valence-corrected chi connectivity index (χ4v) is 0.926.